The Balaban J connectivity index is 2.03. The minimum Gasteiger partial charge on any atom is -0.325 e. The van der Waals surface area contributed by atoms with Gasteiger partial charge in [-0.2, -0.15) is 5.26 Å². The highest BCUT2D eigenvalue weighted by Crippen LogP contribution is 2.29. The van der Waals surface area contributed by atoms with E-state index in [0.29, 0.717) is 17.7 Å². The van der Waals surface area contributed by atoms with E-state index in [0.717, 1.165) is 30.2 Å². The molecule has 1 aromatic rings. The third kappa shape index (κ3) is 3.81. The van der Waals surface area contributed by atoms with E-state index in [9.17, 15) is 4.79 Å². The van der Waals surface area contributed by atoms with E-state index in [4.69, 9.17) is 11.0 Å². The predicted octanol–water partition coefficient (Wildman–Crippen LogP) is 3.31. The van der Waals surface area contributed by atoms with Gasteiger partial charge < -0.3 is 11.1 Å². The van der Waals surface area contributed by atoms with Crippen LogP contribution in [0, 0.1) is 11.3 Å². The van der Waals surface area contributed by atoms with Crippen LogP contribution in [0.15, 0.2) is 22.7 Å². The van der Waals surface area contributed by atoms with Gasteiger partial charge in [-0.3, -0.25) is 4.79 Å². The fraction of sp³-hybridized carbons (Fsp3) is 0.467. The number of hydrogen-bond donors (Lipinski definition) is 2. The van der Waals surface area contributed by atoms with Crippen LogP contribution in [0.25, 0.3) is 0 Å². The van der Waals surface area contributed by atoms with Crippen molar-refractivity contribution in [3.8, 4) is 6.07 Å². The van der Waals surface area contributed by atoms with E-state index < -0.39 is 0 Å². The molecule has 1 aliphatic rings. The van der Waals surface area contributed by atoms with Gasteiger partial charge in [-0.1, -0.05) is 35.2 Å². The Kier molecular flexibility index (Phi) is 4.79. The van der Waals surface area contributed by atoms with Crippen molar-refractivity contribution >= 4 is 27.5 Å². The van der Waals surface area contributed by atoms with Crippen LogP contribution in [0.4, 0.5) is 5.69 Å². The zero-order chi connectivity index (χ0) is 14.6. The van der Waals surface area contributed by atoms with Crippen LogP contribution in [0.2, 0.25) is 0 Å². The molecule has 0 aliphatic heterocycles. The van der Waals surface area contributed by atoms with E-state index in [1.54, 1.807) is 18.2 Å². The molecule has 0 bridgehead atoms. The molecule has 0 heterocycles. The van der Waals surface area contributed by atoms with Crippen molar-refractivity contribution in [3.63, 3.8) is 0 Å². The number of rotatable bonds is 3. The van der Waals surface area contributed by atoms with Crippen molar-refractivity contribution < 1.29 is 4.79 Å². The van der Waals surface area contributed by atoms with Crippen molar-refractivity contribution in [1.29, 1.82) is 5.26 Å². The maximum atomic E-state index is 12.1. The van der Waals surface area contributed by atoms with Gasteiger partial charge in [0.25, 0.3) is 0 Å². The number of benzene rings is 1. The highest BCUT2D eigenvalue weighted by Gasteiger charge is 2.30. The van der Waals surface area contributed by atoms with Crippen molar-refractivity contribution in [3.05, 3.63) is 28.2 Å². The molecular formula is C15H18BrN3O. The number of hydrogen-bond acceptors (Lipinski definition) is 3. The number of anilines is 1. The summed E-state index contributed by atoms with van der Waals surface area (Å²) in [7, 11) is 0. The lowest BCUT2D eigenvalue weighted by atomic mass is 9.80. The summed E-state index contributed by atoms with van der Waals surface area (Å²) in [6, 6.07) is 7.30. The molecule has 1 aliphatic carbocycles. The summed E-state index contributed by atoms with van der Waals surface area (Å²) in [4.78, 5) is 12.1. The van der Waals surface area contributed by atoms with E-state index in [1.807, 2.05) is 0 Å². The fourth-order valence-electron chi connectivity index (χ4n) is 2.66. The van der Waals surface area contributed by atoms with Gasteiger partial charge in [0.2, 0.25) is 5.91 Å². The average Bonchev–Trinajstić information content (AvgIpc) is 2.41. The summed E-state index contributed by atoms with van der Waals surface area (Å²) in [5, 5.41) is 11.9. The molecule has 4 nitrogen and oxygen atoms in total. The minimum atomic E-state index is -0.384. The Morgan fingerprint density at radius 2 is 2.10 bits per heavy atom. The summed E-state index contributed by atoms with van der Waals surface area (Å²) in [5.41, 5.74) is 6.88. The van der Waals surface area contributed by atoms with Crippen LogP contribution < -0.4 is 11.1 Å². The van der Waals surface area contributed by atoms with Crippen molar-refractivity contribution in [1.82, 2.24) is 0 Å². The summed E-state index contributed by atoms with van der Waals surface area (Å²) in [6.45, 7) is 0. The number of nitriles is 1. The first-order chi connectivity index (χ1) is 9.52. The molecule has 0 radical (unpaired) electrons. The molecular weight excluding hydrogens is 318 g/mol. The first-order valence-corrected chi connectivity index (χ1v) is 7.60. The minimum absolute atomic E-state index is 0.117. The lowest BCUT2D eigenvalue weighted by Gasteiger charge is -2.32. The van der Waals surface area contributed by atoms with Gasteiger partial charge in [-0.05, 0) is 31.0 Å². The third-order valence-electron chi connectivity index (χ3n) is 3.74. The number of carbonyl (C=O) groups is 1. The van der Waals surface area contributed by atoms with Crippen molar-refractivity contribution in [2.45, 2.75) is 44.1 Å². The molecule has 0 unspecified atom stereocenters. The molecule has 2 rings (SSSR count). The molecule has 3 N–H and O–H groups in total. The molecule has 1 aromatic carbocycles. The van der Waals surface area contributed by atoms with Crippen molar-refractivity contribution in [2.75, 3.05) is 5.32 Å². The predicted molar refractivity (Wildman–Crippen MR) is 82.1 cm³/mol. The standard InChI is InChI=1S/C15H18BrN3O/c16-12-4-5-13(11(8-12)10-17)19-14(20)9-15(18)6-2-1-3-7-15/h4-5,8H,1-3,6-7,9,18H2,(H,19,20). The Morgan fingerprint density at radius 1 is 1.40 bits per heavy atom. The summed E-state index contributed by atoms with van der Waals surface area (Å²) < 4.78 is 0.814. The molecule has 20 heavy (non-hydrogen) atoms. The third-order valence-corrected chi connectivity index (χ3v) is 4.23. The summed E-state index contributed by atoms with van der Waals surface area (Å²) in [6.07, 6.45) is 5.48. The Morgan fingerprint density at radius 3 is 2.75 bits per heavy atom. The second kappa shape index (κ2) is 6.38. The second-order valence-corrected chi connectivity index (χ2v) is 6.37. The Hall–Kier alpha value is -1.38. The molecule has 1 fully saturated rings. The number of amides is 1. The molecule has 0 atom stereocenters. The van der Waals surface area contributed by atoms with Crippen LogP contribution in [0.1, 0.15) is 44.1 Å². The largest absolute Gasteiger partial charge is 0.325 e. The van der Waals surface area contributed by atoms with E-state index in [2.05, 4.69) is 27.3 Å². The number of nitrogens with one attached hydrogen (secondary N) is 1. The number of carbonyl (C=O) groups excluding carboxylic acids is 1. The molecule has 1 amide bonds. The van der Waals surface area contributed by atoms with Gasteiger partial charge in [0.05, 0.1) is 11.3 Å². The van der Waals surface area contributed by atoms with Gasteiger partial charge in [0.1, 0.15) is 6.07 Å². The normalized spacial score (nSPS) is 17.2. The molecule has 106 valence electrons. The van der Waals surface area contributed by atoms with Crippen LogP contribution in [-0.4, -0.2) is 11.4 Å². The van der Waals surface area contributed by atoms with E-state index in [1.165, 1.54) is 6.42 Å². The molecule has 1 saturated carbocycles. The lowest BCUT2D eigenvalue weighted by Crippen LogP contribution is -2.44. The molecule has 5 heteroatoms. The number of halogens is 1. The second-order valence-electron chi connectivity index (χ2n) is 5.45. The first-order valence-electron chi connectivity index (χ1n) is 6.81. The molecule has 0 aromatic heterocycles. The fourth-order valence-corrected chi connectivity index (χ4v) is 3.03. The Labute approximate surface area is 127 Å². The Bertz CT molecular complexity index is 545. The number of nitrogens with zero attached hydrogens (tertiary/aromatic N) is 1. The zero-order valence-electron chi connectivity index (χ0n) is 11.3. The topological polar surface area (TPSA) is 78.9 Å². The van der Waals surface area contributed by atoms with Gasteiger partial charge >= 0.3 is 0 Å². The lowest BCUT2D eigenvalue weighted by molar-refractivity contribution is -0.117. The molecule has 0 spiro atoms. The monoisotopic (exact) mass is 335 g/mol. The van der Waals surface area contributed by atoms with Crippen LogP contribution in [-0.2, 0) is 4.79 Å². The molecule has 0 saturated heterocycles. The smallest absolute Gasteiger partial charge is 0.226 e. The van der Waals surface area contributed by atoms with Gasteiger partial charge in [-0.25, -0.2) is 0 Å². The maximum Gasteiger partial charge on any atom is 0.226 e. The van der Waals surface area contributed by atoms with Crippen LogP contribution in [0.3, 0.4) is 0 Å². The number of nitrogens with two attached hydrogens (primary N) is 1. The van der Waals surface area contributed by atoms with E-state index >= 15 is 0 Å². The SMILES string of the molecule is N#Cc1cc(Br)ccc1NC(=O)CC1(N)CCCCC1. The average molecular weight is 336 g/mol. The quantitative estimate of drug-likeness (QED) is 0.889. The highest BCUT2D eigenvalue weighted by atomic mass is 79.9. The highest BCUT2D eigenvalue weighted by molar-refractivity contribution is 9.10. The van der Waals surface area contributed by atoms with Gasteiger partial charge in [0.15, 0.2) is 0 Å². The van der Waals surface area contributed by atoms with Crippen LogP contribution in [0.5, 0.6) is 0 Å². The van der Waals surface area contributed by atoms with Gasteiger partial charge in [-0.15, -0.1) is 0 Å². The first kappa shape index (κ1) is 15.0. The zero-order valence-corrected chi connectivity index (χ0v) is 12.9. The van der Waals surface area contributed by atoms with Crippen molar-refractivity contribution in [2.24, 2.45) is 5.73 Å². The van der Waals surface area contributed by atoms with Crippen LogP contribution >= 0.6 is 15.9 Å². The summed E-state index contributed by atoms with van der Waals surface area (Å²) in [5.74, 6) is -0.117. The van der Waals surface area contributed by atoms with Gasteiger partial charge in [0, 0.05) is 16.4 Å². The van der Waals surface area contributed by atoms with E-state index in [-0.39, 0.29) is 11.4 Å². The maximum absolute atomic E-state index is 12.1. The summed E-state index contributed by atoms with van der Waals surface area (Å²) >= 11 is 3.31.